The zero-order valence-electron chi connectivity index (χ0n) is 10.2. The molecule has 0 aliphatic heterocycles. The minimum absolute atomic E-state index is 0.162. The number of benzene rings is 2. The number of carbonyl (C=O) groups is 1. The summed E-state index contributed by atoms with van der Waals surface area (Å²) in [5.41, 5.74) is 1.25. The first kappa shape index (κ1) is 13.6. The second-order valence-electron chi connectivity index (χ2n) is 4.15. The number of hydrogen-bond donors (Lipinski definition) is 2. The third-order valence-electron chi connectivity index (χ3n) is 2.73. The molecule has 0 radical (unpaired) electrons. The molecule has 0 saturated heterocycles. The maximum Gasteiger partial charge on any atom is 0.251 e. The van der Waals surface area contributed by atoms with Crippen LogP contribution >= 0.6 is 11.6 Å². The Morgan fingerprint density at radius 1 is 1.16 bits per heavy atom. The molecular formula is C15H14ClNO2. The van der Waals surface area contributed by atoms with Crippen molar-refractivity contribution in [3.8, 4) is 0 Å². The first-order chi connectivity index (χ1) is 9.16. The zero-order valence-corrected chi connectivity index (χ0v) is 11.0. The third-order valence-corrected chi connectivity index (χ3v) is 2.96. The van der Waals surface area contributed by atoms with Crippen molar-refractivity contribution in [1.82, 2.24) is 5.32 Å². The van der Waals surface area contributed by atoms with Crippen molar-refractivity contribution in [1.29, 1.82) is 0 Å². The molecule has 1 atom stereocenters. The molecule has 98 valence electrons. The van der Waals surface area contributed by atoms with E-state index in [0.29, 0.717) is 10.6 Å². The normalized spacial score (nSPS) is 11.9. The van der Waals surface area contributed by atoms with E-state index in [9.17, 15) is 9.90 Å². The molecule has 3 nitrogen and oxygen atoms in total. The van der Waals surface area contributed by atoms with Crippen molar-refractivity contribution in [2.24, 2.45) is 0 Å². The molecule has 0 aliphatic carbocycles. The lowest BCUT2D eigenvalue weighted by Crippen LogP contribution is -2.28. The lowest BCUT2D eigenvalue weighted by molar-refractivity contribution is 0.0916. The maximum absolute atomic E-state index is 11.9. The zero-order chi connectivity index (χ0) is 13.7. The van der Waals surface area contributed by atoms with Crippen LogP contribution in [0.4, 0.5) is 0 Å². The third kappa shape index (κ3) is 3.81. The van der Waals surface area contributed by atoms with E-state index in [2.05, 4.69) is 5.32 Å². The van der Waals surface area contributed by atoms with Crippen LogP contribution < -0.4 is 5.32 Å². The molecule has 4 heteroatoms. The molecule has 2 N–H and O–H groups in total. The lowest BCUT2D eigenvalue weighted by atomic mass is 10.1. The SMILES string of the molecule is O=C(NCC(O)c1ccccc1)c1cccc(Cl)c1. The Morgan fingerprint density at radius 2 is 1.89 bits per heavy atom. The highest BCUT2D eigenvalue weighted by Crippen LogP contribution is 2.12. The molecular weight excluding hydrogens is 262 g/mol. The molecule has 1 amide bonds. The van der Waals surface area contributed by atoms with Gasteiger partial charge in [-0.05, 0) is 23.8 Å². The minimum Gasteiger partial charge on any atom is -0.387 e. The Balaban J connectivity index is 1.94. The molecule has 2 aromatic rings. The van der Waals surface area contributed by atoms with Gasteiger partial charge in [-0.1, -0.05) is 48.0 Å². The average Bonchev–Trinajstić information content (AvgIpc) is 2.45. The number of aliphatic hydroxyl groups excluding tert-OH is 1. The Morgan fingerprint density at radius 3 is 2.58 bits per heavy atom. The van der Waals surface area contributed by atoms with Gasteiger partial charge in [0.2, 0.25) is 0 Å². The molecule has 0 saturated carbocycles. The number of hydrogen-bond acceptors (Lipinski definition) is 2. The average molecular weight is 276 g/mol. The van der Waals surface area contributed by atoms with Crippen molar-refractivity contribution in [3.05, 3.63) is 70.7 Å². The molecule has 0 aliphatic rings. The van der Waals surface area contributed by atoms with Gasteiger partial charge in [-0.2, -0.15) is 0 Å². The summed E-state index contributed by atoms with van der Waals surface area (Å²) in [7, 11) is 0. The van der Waals surface area contributed by atoms with E-state index >= 15 is 0 Å². The van der Waals surface area contributed by atoms with Crippen LogP contribution in [0.15, 0.2) is 54.6 Å². The summed E-state index contributed by atoms with van der Waals surface area (Å²) in [6, 6.07) is 15.9. The first-order valence-corrected chi connectivity index (χ1v) is 6.31. The lowest BCUT2D eigenvalue weighted by Gasteiger charge is -2.12. The Bertz CT molecular complexity index is 557. The van der Waals surface area contributed by atoms with Crippen LogP contribution in [-0.4, -0.2) is 17.6 Å². The van der Waals surface area contributed by atoms with Gasteiger partial charge in [-0.15, -0.1) is 0 Å². The molecule has 0 spiro atoms. The van der Waals surface area contributed by atoms with Gasteiger partial charge in [-0.25, -0.2) is 0 Å². The van der Waals surface area contributed by atoms with Crippen LogP contribution in [0.5, 0.6) is 0 Å². The summed E-state index contributed by atoms with van der Waals surface area (Å²) in [5, 5.41) is 13.1. The van der Waals surface area contributed by atoms with Crippen LogP contribution in [0, 0.1) is 0 Å². The monoisotopic (exact) mass is 275 g/mol. The second-order valence-corrected chi connectivity index (χ2v) is 4.58. The van der Waals surface area contributed by atoms with Gasteiger partial charge in [0, 0.05) is 17.1 Å². The van der Waals surface area contributed by atoms with Gasteiger partial charge in [0.25, 0.3) is 5.91 Å². The highest BCUT2D eigenvalue weighted by molar-refractivity contribution is 6.30. The molecule has 0 fully saturated rings. The number of rotatable bonds is 4. The first-order valence-electron chi connectivity index (χ1n) is 5.93. The van der Waals surface area contributed by atoms with Gasteiger partial charge in [0.15, 0.2) is 0 Å². The summed E-state index contributed by atoms with van der Waals surface area (Å²) in [4.78, 5) is 11.9. The van der Waals surface area contributed by atoms with Crippen LogP contribution in [0.1, 0.15) is 22.0 Å². The van der Waals surface area contributed by atoms with E-state index in [0.717, 1.165) is 5.56 Å². The molecule has 1 unspecified atom stereocenters. The van der Waals surface area contributed by atoms with Gasteiger partial charge in [0.1, 0.15) is 0 Å². The quantitative estimate of drug-likeness (QED) is 0.901. The second kappa shape index (κ2) is 6.36. The highest BCUT2D eigenvalue weighted by Gasteiger charge is 2.10. The fourth-order valence-corrected chi connectivity index (χ4v) is 1.90. The summed E-state index contributed by atoms with van der Waals surface area (Å²) >= 11 is 5.82. The van der Waals surface area contributed by atoms with E-state index < -0.39 is 6.10 Å². The van der Waals surface area contributed by atoms with Crippen molar-refractivity contribution < 1.29 is 9.90 Å². The van der Waals surface area contributed by atoms with E-state index in [1.54, 1.807) is 24.3 Å². The Hall–Kier alpha value is -1.84. The minimum atomic E-state index is -0.718. The fourth-order valence-electron chi connectivity index (χ4n) is 1.71. The van der Waals surface area contributed by atoms with Gasteiger partial charge in [0.05, 0.1) is 6.10 Å². The van der Waals surface area contributed by atoms with Crippen LogP contribution in [0.25, 0.3) is 0 Å². The van der Waals surface area contributed by atoms with Crippen molar-refractivity contribution in [2.45, 2.75) is 6.10 Å². The van der Waals surface area contributed by atoms with Crippen molar-refractivity contribution in [3.63, 3.8) is 0 Å². The van der Waals surface area contributed by atoms with Crippen molar-refractivity contribution >= 4 is 17.5 Å². The van der Waals surface area contributed by atoms with Gasteiger partial charge < -0.3 is 10.4 Å². The van der Waals surface area contributed by atoms with Crippen LogP contribution in [0.2, 0.25) is 5.02 Å². The number of aliphatic hydroxyl groups is 1. The smallest absolute Gasteiger partial charge is 0.251 e. The number of carbonyl (C=O) groups excluding carboxylic acids is 1. The van der Waals surface area contributed by atoms with Crippen LogP contribution in [0.3, 0.4) is 0 Å². The molecule has 2 rings (SSSR count). The molecule has 0 heterocycles. The van der Waals surface area contributed by atoms with E-state index in [-0.39, 0.29) is 12.5 Å². The standard InChI is InChI=1S/C15H14ClNO2/c16-13-8-4-7-12(9-13)15(19)17-10-14(18)11-5-2-1-3-6-11/h1-9,14,18H,10H2,(H,17,19). The van der Waals surface area contributed by atoms with Crippen LogP contribution in [-0.2, 0) is 0 Å². The molecule has 0 bridgehead atoms. The summed E-state index contributed by atoms with van der Waals surface area (Å²) < 4.78 is 0. The number of halogens is 1. The number of nitrogens with one attached hydrogen (secondary N) is 1. The molecule has 19 heavy (non-hydrogen) atoms. The Labute approximate surface area is 116 Å². The van der Waals surface area contributed by atoms with E-state index in [1.165, 1.54) is 0 Å². The van der Waals surface area contributed by atoms with Gasteiger partial charge >= 0.3 is 0 Å². The number of amides is 1. The predicted molar refractivity (Wildman–Crippen MR) is 75.2 cm³/mol. The molecule has 2 aromatic carbocycles. The maximum atomic E-state index is 11.9. The highest BCUT2D eigenvalue weighted by atomic mass is 35.5. The fraction of sp³-hybridized carbons (Fsp3) is 0.133. The van der Waals surface area contributed by atoms with E-state index in [1.807, 2.05) is 30.3 Å². The van der Waals surface area contributed by atoms with Crippen molar-refractivity contribution in [2.75, 3.05) is 6.54 Å². The van der Waals surface area contributed by atoms with E-state index in [4.69, 9.17) is 11.6 Å². The summed E-state index contributed by atoms with van der Waals surface area (Å²) in [5.74, 6) is -0.252. The summed E-state index contributed by atoms with van der Waals surface area (Å²) in [6.07, 6.45) is -0.718. The molecule has 0 aromatic heterocycles. The summed E-state index contributed by atoms with van der Waals surface area (Å²) in [6.45, 7) is 0.162. The largest absolute Gasteiger partial charge is 0.387 e. The Kier molecular flexibility index (Phi) is 4.55. The predicted octanol–water partition coefficient (Wildman–Crippen LogP) is 2.80. The topological polar surface area (TPSA) is 49.3 Å². The van der Waals surface area contributed by atoms with Gasteiger partial charge in [-0.3, -0.25) is 4.79 Å².